The first-order valence-electron chi connectivity index (χ1n) is 12.4. The Labute approximate surface area is 214 Å². The van der Waals surface area contributed by atoms with Gasteiger partial charge in [0.25, 0.3) is 0 Å². The number of rotatable bonds is 2. The molecule has 0 bridgehead atoms. The van der Waals surface area contributed by atoms with E-state index in [9.17, 15) is 0 Å². The number of likely N-dealkylation sites (N-methyl/N-ethyl adjacent to an activating group) is 2. The summed E-state index contributed by atoms with van der Waals surface area (Å²) < 4.78 is 6.96. The van der Waals surface area contributed by atoms with E-state index < -0.39 is 5.72 Å². The van der Waals surface area contributed by atoms with Gasteiger partial charge in [0, 0.05) is 47.5 Å². The van der Waals surface area contributed by atoms with E-state index in [4.69, 9.17) is 16.3 Å². The lowest BCUT2D eigenvalue weighted by atomic mass is 9.73. The molecule has 3 aromatic rings. The Balaban J connectivity index is 1.51. The van der Waals surface area contributed by atoms with Crippen molar-refractivity contribution in [1.82, 2.24) is 0 Å². The molecule has 4 heteroatoms. The van der Waals surface area contributed by atoms with Crippen LogP contribution in [0.2, 0.25) is 5.02 Å². The van der Waals surface area contributed by atoms with Crippen LogP contribution in [0.1, 0.15) is 50.8 Å². The molecule has 0 saturated carbocycles. The highest BCUT2D eigenvalue weighted by Crippen LogP contribution is 2.57. The predicted octanol–water partition coefficient (Wildman–Crippen LogP) is 7.43. The lowest BCUT2D eigenvalue weighted by Crippen LogP contribution is -2.58. The highest BCUT2D eigenvalue weighted by Gasteiger charge is 2.58. The molecule has 3 aliphatic heterocycles. The molecule has 1 spiro atoms. The van der Waals surface area contributed by atoms with Gasteiger partial charge in [-0.3, -0.25) is 0 Å². The summed E-state index contributed by atoms with van der Waals surface area (Å²) in [7, 11) is 4.39. The summed E-state index contributed by atoms with van der Waals surface area (Å²) in [5, 5.41) is 0.735. The highest BCUT2D eigenvalue weighted by molar-refractivity contribution is 6.30. The molecule has 2 atom stereocenters. The number of hydrogen-bond acceptors (Lipinski definition) is 3. The monoisotopic (exact) mass is 484 g/mol. The summed E-state index contributed by atoms with van der Waals surface area (Å²) in [4.78, 5) is 4.78. The summed E-state index contributed by atoms with van der Waals surface area (Å²) in [6.45, 7) is 9.34. The molecule has 3 heterocycles. The van der Waals surface area contributed by atoms with Gasteiger partial charge in [-0.25, -0.2) is 0 Å². The van der Waals surface area contributed by atoms with Crippen molar-refractivity contribution in [2.45, 2.75) is 56.7 Å². The Bertz CT molecular complexity index is 1370. The SMILES string of the molecule is CN1c2ccccc2C(C)(C)C1CC1=CC2(Oc3ccc(Cl)cc31)N(C)c1ccccc1C2(C)C. The molecule has 3 aliphatic rings. The Kier molecular flexibility index (Phi) is 4.70. The number of para-hydroxylation sites is 2. The lowest BCUT2D eigenvalue weighted by molar-refractivity contribution is 0.0571. The van der Waals surface area contributed by atoms with E-state index in [1.54, 1.807) is 0 Å². The first-order chi connectivity index (χ1) is 16.6. The molecule has 0 radical (unpaired) electrons. The summed E-state index contributed by atoms with van der Waals surface area (Å²) in [6.07, 6.45) is 3.29. The number of fused-ring (bicyclic) bond motifs is 3. The molecule has 0 saturated heterocycles. The average Bonchev–Trinajstić information content (AvgIpc) is 3.13. The minimum Gasteiger partial charge on any atom is -0.463 e. The third-order valence-electron chi connectivity index (χ3n) is 8.95. The van der Waals surface area contributed by atoms with Crippen LogP contribution in [0.15, 0.2) is 72.8 Å². The first-order valence-corrected chi connectivity index (χ1v) is 12.8. The zero-order chi connectivity index (χ0) is 24.8. The molecular formula is C31H33ClN2O. The maximum atomic E-state index is 6.96. The minimum absolute atomic E-state index is 0.0104. The molecule has 0 N–H and O–H groups in total. The highest BCUT2D eigenvalue weighted by atomic mass is 35.5. The minimum atomic E-state index is -0.624. The molecule has 0 aliphatic carbocycles. The van der Waals surface area contributed by atoms with Crippen molar-refractivity contribution in [3.63, 3.8) is 0 Å². The number of anilines is 2. The lowest BCUT2D eigenvalue weighted by Gasteiger charge is -2.47. The number of benzene rings is 3. The van der Waals surface area contributed by atoms with Gasteiger partial charge in [0.15, 0.2) is 0 Å². The second-order valence-electron chi connectivity index (χ2n) is 11.4. The van der Waals surface area contributed by atoms with Gasteiger partial charge in [-0.05, 0) is 73.4 Å². The Morgan fingerprint density at radius 1 is 0.857 bits per heavy atom. The van der Waals surface area contributed by atoms with Gasteiger partial charge >= 0.3 is 0 Å². The van der Waals surface area contributed by atoms with Gasteiger partial charge in [0.1, 0.15) is 5.75 Å². The van der Waals surface area contributed by atoms with Crippen LogP contribution in [0.5, 0.6) is 5.75 Å². The van der Waals surface area contributed by atoms with Crippen molar-refractivity contribution >= 4 is 28.5 Å². The zero-order valence-corrected chi connectivity index (χ0v) is 22.1. The van der Waals surface area contributed by atoms with E-state index in [2.05, 4.69) is 112 Å². The fourth-order valence-corrected chi connectivity index (χ4v) is 7.01. The van der Waals surface area contributed by atoms with Crippen molar-refractivity contribution < 1.29 is 4.74 Å². The molecule has 0 amide bonds. The molecule has 0 fully saturated rings. The fraction of sp³-hybridized carbons (Fsp3) is 0.355. The maximum Gasteiger partial charge on any atom is 0.212 e. The van der Waals surface area contributed by atoms with Crippen molar-refractivity contribution in [2.75, 3.05) is 23.9 Å². The molecular weight excluding hydrogens is 452 g/mol. The van der Waals surface area contributed by atoms with Crippen molar-refractivity contribution in [3.05, 3.63) is 94.5 Å². The molecule has 3 aromatic carbocycles. The molecule has 35 heavy (non-hydrogen) atoms. The van der Waals surface area contributed by atoms with Crippen LogP contribution >= 0.6 is 11.6 Å². The fourth-order valence-electron chi connectivity index (χ4n) is 6.84. The van der Waals surface area contributed by atoms with Crippen molar-refractivity contribution in [1.29, 1.82) is 0 Å². The van der Waals surface area contributed by atoms with Crippen LogP contribution < -0.4 is 14.5 Å². The summed E-state index contributed by atoms with van der Waals surface area (Å²) in [5.41, 5.74) is 6.78. The Hall–Kier alpha value is -2.91. The molecule has 0 aromatic heterocycles. The van der Waals surface area contributed by atoms with Gasteiger partial charge < -0.3 is 14.5 Å². The van der Waals surface area contributed by atoms with Crippen molar-refractivity contribution in [2.24, 2.45) is 0 Å². The van der Waals surface area contributed by atoms with Gasteiger partial charge in [0.05, 0.1) is 5.41 Å². The van der Waals surface area contributed by atoms with Gasteiger partial charge in [-0.15, -0.1) is 0 Å². The normalized spacial score (nSPS) is 25.1. The largest absolute Gasteiger partial charge is 0.463 e. The van der Waals surface area contributed by atoms with Gasteiger partial charge in [-0.2, -0.15) is 0 Å². The quantitative estimate of drug-likeness (QED) is 0.376. The second kappa shape index (κ2) is 7.30. The smallest absolute Gasteiger partial charge is 0.212 e. The van der Waals surface area contributed by atoms with E-state index in [1.807, 2.05) is 12.1 Å². The van der Waals surface area contributed by atoms with Crippen LogP contribution in [0.3, 0.4) is 0 Å². The maximum absolute atomic E-state index is 6.96. The van der Waals surface area contributed by atoms with E-state index in [1.165, 1.54) is 28.1 Å². The molecule has 6 rings (SSSR count). The summed E-state index contributed by atoms with van der Waals surface area (Å²) in [6, 6.07) is 23.8. The third kappa shape index (κ3) is 2.91. The molecule has 2 unspecified atom stereocenters. The van der Waals surface area contributed by atoms with Crippen LogP contribution in [-0.4, -0.2) is 25.9 Å². The number of ether oxygens (including phenoxy) is 1. The summed E-state index contributed by atoms with van der Waals surface area (Å²) >= 11 is 6.52. The first kappa shape index (κ1) is 22.5. The standard InChI is InChI=1S/C31H33ClN2O/c1-29(2)23-11-7-9-13-25(23)33(5)28(29)17-20-19-31(35-27-16-15-21(32)18-22(20)27)30(3,4)24-12-8-10-14-26(24)34(31)6/h7-16,18-19,28H,17H2,1-6H3. The predicted molar refractivity (Wildman–Crippen MR) is 147 cm³/mol. The van der Waals surface area contributed by atoms with Crippen molar-refractivity contribution in [3.8, 4) is 5.75 Å². The van der Waals surface area contributed by atoms with E-state index in [0.29, 0.717) is 6.04 Å². The average molecular weight is 485 g/mol. The van der Waals surface area contributed by atoms with E-state index in [0.717, 1.165) is 22.8 Å². The van der Waals surface area contributed by atoms with E-state index in [-0.39, 0.29) is 10.8 Å². The molecule has 3 nitrogen and oxygen atoms in total. The van der Waals surface area contributed by atoms with Crippen LogP contribution in [-0.2, 0) is 10.8 Å². The van der Waals surface area contributed by atoms with Gasteiger partial charge in [-0.1, -0.05) is 61.8 Å². The second-order valence-corrected chi connectivity index (χ2v) is 11.8. The number of nitrogens with zero attached hydrogens (tertiary/aromatic N) is 2. The number of hydrogen-bond donors (Lipinski definition) is 0. The zero-order valence-electron chi connectivity index (χ0n) is 21.4. The third-order valence-corrected chi connectivity index (χ3v) is 9.18. The Morgan fingerprint density at radius 3 is 2.20 bits per heavy atom. The molecule has 180 valence electrons. The summed E-state index contributed by atoms with van der Waals surface area (Å²) in [5.74, 6) is 0.899. The number of halogens is 1. The topological polar surface area (TPSA) is 15.7 Å². The van der Waals surface area contributed by atoms with E-state index >= 15 is 0 Å². The van der Waals surface area contributed by atoms with Crippen LogP contribution in [0.4, 0.5) is 11.4 Å². The van der Waals surface area contributed by atoms with Crippen LogP contribution in [0.25, 0.3) is 5.57 Å². The Morgan fingerprint density at radius 2 is 1.51 bits per heavy atom. The van der Waals surface area contributed by atoms with Gasteiger partial charge in [0.2, 0.25) is 5.72 Å². The van der Waals surface area contributed by atoms with Crippen LogP contribution in [0, 0.1) is 0 Å².